The fourth-order valence-corrected chi connectivity index (χ4v) is 1.70. The van der Waals surface area contributed by atoms with Gasteiger partial charge in [-0.2, -0.15) is 0 Å². The number of hydrogen-bond acceptors (Lipinski definition) is 5. The number of ether oxygens (including phenoxy) is 2. The van der Waals surface area contributed by atoms with Crippen LogP contribution in [0.5, 0.6) is 5.75 Å². The Morgan fingerprint density at radius 2 is 1.84 bits per heavy atom. The Bertz CT molecular complexity index is 521. The van der Waals surface area contributed by atoms with E-state index in [9.17, 15) is 0 Å². The predicted octanol–water partition coefficient (Wildman–Crippen LogP) is 2.09. The van der Waals surface area contributed by atoms with E-state index in [1.165, 1.54) is 0 Å². The number of methoxy groups -OCH3 is 1. The summed E-state index contributed by atoms with van der Waals surface area (Å²) in [5.74, 6) is 1.90. The summed E-state index contributed by atoms with van der Waals surface area (Å²) in [6.45, 7) is 2.73. The molecule has 0 radical (unpaired) electrons. The summed E-state index contributed by atoms with van der Waals surface area (Å²) in [6.07, 6.45) is 0. The van der Waals surface area contributed by atoms with Crippen molar-refractivity contribution >= 4 is 5.82 Å². The zero-order valence-corrected chi connectivity index (χ0v) is 11.1. The lowest BCUT2D eigenvalue weighted by molar-refractivity contribution is 0.102. The van der Waals surface area contributed by atoms with E-state index in [1.54, 1.807) is 13.2 Å². The molecule has 0 aliphatic rings. The van der Waals surface area contributed by atoms with Crippen LogP contribution in [-0.4, -0.2) is 17.1 Å². The average Bonchev–Trinajstić information content (AvgIpc) is 2.38. The average molecular weight is 259 g/mol. The minimum absolute atomic E-state index is 0.345. The summed E-state index contributed by atoms with van der Waals surface area (Å²) < 4.78 is 10.7. The molecule has 0 saturated heterocycles. The van der Waals surface area contributed by atoms with E-state index in [-0.39, 0.29) is 0 Å². The van der Waals surface area contributed by atoms with E-state index in [0.29, 0.717) is 24.9 Å². The van der Waals surface area contributed by atoms with Gasteiger partial charge in [-0.15, -0.1) is 0 Å². The number of nitrogen functional groups attached to an aromatic ring is 1. The molecular weight excluding hydrogens is 242 g/mol. The van der Waals surface area contributed by atoms with Crippen LogP contribution in [0.4, 0.5) is 5.82 Å². The molecule has 0 unspecified atom stereocenters. The number of hydrogen-bond donors (Lipinski definition) is 1. The van der Waals surface area contributed by atoms with Gasteiger partial charge in [-0.05, 0) is 24.6 Å². The van der Waals surface area contributed by atoms with Gasteiger partial charge in [0.1, 0.15) is 18.2 Å². The standard InChI is InChI=1S/C14H17N3O2/c1-10-7-13(15)17-14(16-10)9-19-8-11-3-5-12(18-2)6-4-11/h3-7H,8-9H2,1-2H3,(H2,15,16,17). The molecular formula is C14H17N3O2. The van der Waals surface area contributed by atoms with Crippen LogP contribution in [0.3, 0.4) is 0 Å². The van der Waals surface area contributed by atoms with Crippen LogP contribution < -0.4 is 10.5 Å². The van der Waals surface area contributed by atoms with Crippen molar-refractivity contribution in [1.82, 2.24) is 9.97 Å². The maximum Gasteiger partial charge on any atom is 0.156 e. The summed E-state index contributed by atoms with van der Waals surface area (Å²) in [4.78, 5) is 8.37. The highest BCUT2D eigenvalue weighted by Crippen LogP contribution is 2.12. The Morgan fingerprint density at radius 3 is 2.47 bits per heavy atom. The Balaban J connectivity index is 1.88. The van der Waals surface area contributed by atoms with Crippen LogP contribution >= 0.6 is 0 Å². The molecule has 1 aromatic heterocycles. The lowest BCUT2D eigenvalue weighted by atomic mass is 10.2. The third-order valence-electron chi connectivity index (χ3n) is 2.58. The van der Waals surface area contributed by atoms with E-state index >= 15 is 0 Å². The lowest BCUT2D eigenvalue weighted by Crippen LogP contribution is -2.03. The van der Waals surface area contributed by atoms with Crippen LogP contribution in [0.1, 0.15) is 17.1 Å². The van der Waals surface area contributed by atoms with Crippen LogP contribution in [0.25, 0.3) is 0 Å². The van der Waals surface area contributed by atoms with E-state index in [4.69, 9.17) is 15.2 Å². The third kappa shape index (κ3) is 3.93. The van der Waals surface area contributed by atoms with Gasteiger partial charge in [0.25, 0.3) is 0 Å². The van der Waals surface area contributed by atoms with Gasteiger partial charge in [0.05, 0.1) is 13.7 Å². The Morgan fingerprint density at radius 1 is 1.11 bits per heavy atom. The van der Waals surface area contributed by atoms with Crippen LogP contribution in [0, 0.1) is 6.92 Å². The van der Waals surface area contributed by atoms with Crippen molar-refractivity contribution in [3.8, 4) is 5.75 Å². The quantitative estimate of drug-likeness (QED) is 0.890. The Labute approximate surface area is 112 Å². The molecule has 1 aromatic carbocycles. The van der Waals surface area contributed by atoms with Gasteiger partial charge in [-0.25, -0.2) is 9.97 Å². The molecule has 0 atom stereocenters. The van der Waals surface area contributed by atoms with Crippen molar-refractivity contribution in [2.75, 3.05) is 12.8 Å². The second kappa shape index (κ2) is 6.15. The molecule has 0 fully saturated rings. The van der Waals surface area contributed by atoms with Gasteiger partial charge in [-0.1, -0.05) is 12.1 Å². The minimum atomic E-state index is 0.345. The van der Waals surface area contributed by atoms with E-state index < -0.39 is 0 Å². The largest absolute Gasteiger partial charge is 0.497 e. The molecule has 1 heterocycles. The Kier molecular flexibility index (Phi) is 4.30. The number of rotatable bonds is 5. The SMILES string of the molecule is COc1ccc(COCc2nc(C)cc(N)n2)cc1. The van der Waals surface area contributed by atoms with Gasteiger partial charge in [-0.3, -0.25) is 0 Å². The molecule has 2 aromatic rings. The molecule has 5 heteroatoms. The number of anilines is 1. The van der Waals surface area contributed by atoms with Crippen molar-refractivity contribution in [3.05, 3.63) is 47.4 Å². The van der Waals surface area contributed by atoms with E-state index in [2.05, 4.69) is 9.97 Å². The molecule has 2 rings (SSSR count). The molecule has 0 bridgehead atoms. The van der Waals surface area contributed by atoms with E-state index in [1.807, 2.05) is 31.2 Å². The number of benzene rings is 1. The summed E-state index contributed by atoms with van der Waals surface area (Å²) in [7, 11) is 1.64. The maximum absolute atomic E-state index is 5.65. The Hall–Kier alpha value is -2.14. The van der Waals surface area contributed by atoms with Crippen LogP contribution in [-0.2, 0) is 18.0 Å². The molecule has 0 saturated carbocycles. The van der Waals surface area contributed by atoms with Crippen molar-refractivity contribution in [3.63, 3.8) is 0 Å². The molecule has 100 valence electrons. The fraction of sp³-hybridized carbons (Fsp3) is 0.286. The number of aromatic nitrogens is 2. The van der Waals surface area contributed by atoms with Crippen LogP contribution in [0.2, 0.25) is 0 Å². The highest BCUT2D eigenvalue weighted by molar-refractivity contribution is 5.29. The zero-order valence-electron chi connectivity index (χ0n) is 11.1. The minimum Gasteiger partial charge on any atom is -0.497 e. The smallest absolute Gasteiger partial charge is 0.156 e. The monoisotopic (exact) mass is 259 g/mol. The van der Waals surface area contributed by atoms with Crippen molar-refractivity contribution < 1.29 is 9.47 Å². The van der Waals surface area contributed by atoms with Crippen molar-refractivity contribution in [2.45, 2.75) is 20.1 Å². The molecule has 0 aliphatic heterocycles. The zero-order chi connectivity index (χ0) is 13.7. The number of nitrogens with two attached hydrogens (primary N) is 1. The second-order valence-electron chi connectivity index (χ2n) is 4.19. The highest BCUT2D eigenvalue weighted by Gasteiger charge is 2.01. The summed E-state index contributed by atoms with van der Waals surface area (Å²) in [5, 5.41) is 0. The van der Waals surface area contributed by atoms with Gasteiger partial charge < -0.3 is 15.2 Å². The summed E-state index contributed by atoms with van der Waals surface area (Å²) in [5.41, 5.74) is 7.57. The summed E-state index contributed by atoms with van der Waals surface area (Å²) in [6, 6.07) is 9.46. The molecule has 0 spiro atoms. The first-order chi connectivity index (χ1) is 9.17. The second-order valence-corrected chi connectivity index (χ2v) is 4.19. The topological polar surface area (TPSA) is 70.3 Å². The first-order valence-electron chi connectivity index (χ1n) is 5.98. The lowest BCUT2D eigenvalue weighted by Gasteiger charge is -2.06. The van der Waals surface area contributed by atoms with Gasteiger partial charge in [0, 0.05) is 11.8 Å². The van der Waals surface area contributed by atoms with Crippen molar-refractivity contribution in [2.24, 2.45) is 0 Å². The summed E-state index contributed by atoms with van der Waals surface area (Å²) >= 11 is 0. The van der Waals surface area contributed by atoms with Gasteiger partial charge >= 0.3 is 0 Å². The molecule has 2 N–H and O–H groups in total. The van der Waals surface area contributed by atoms with E-state index in [0.717, 1.165) is 17.0 Å². The first-order valence-corrected chi connectivity index (χ1v) is 5.98. The normalized spacial score (nSPS) is 10.4. The fourth-order valence-electron chi connectivity index (χ4n) is 1.70. The van der Waals surface area contributed by atoms with Gasteiger partial charge in [0.15, 0.2) is 5.82 Å². The molecule has 19 heavy (non-hydrogen) atoms. The van der Waals surface area contributed by atoms with Gasteiger partial charge in [0.2, 0.25) is 0 Å². The first kappa shape index (κ1) is 13.3. The maximum atomic E-state index is 5.65. The molecule has 0 aliphatic carbocycles. The number of nitrogens with zero attached hydrogens (tertiary/aromatic N) is 2. The highest BCUT2D eigenvalue weighted by atomic mass is 16.5. The third-order valence-corrected chi connectivity index (χ3v) is 2.58. The molecule has 5 nitrogen and oxygen atoms in total. The number of aryl methyl sites for hydroxylation is 1. The van der Waals surface area contributed by atoms with Crippen LogP contribution in [0.15, 0.2) is 30.3 Å². The predicted molar refractivity (Wildman–Crippen MR) is 72.7 cm³/mol. The molecule has 0 amide bonds. The van der Waals surface area contributed by atoms with Crippen molar-refractivity contribution in [1.29, 1.82) is 0 Å².